The van der Waals surface area contributed by atoms with Gasteiger partial charge in [0.1, 0.15) is 0 Å². The van der Waals surface area contributed by atoms with Crippen LogP contribution in [0.1, 0.15) is 39.5 Å². The molecule has 0 radical (unpaired) electrons. The third-order valence-electron chi connectivity index (χ3n) is 2.71. The maximum Gasteiger partial charge on any atom is 0.155 e. The monoisotopic (exact) mass is 230 g/mol. The van der Waals surface area contributed by atoms with Crippen LogP contribution < -0.4 is 0 Å². The van der Waals surface area contributed by atoms with Gasteiger partial charge in [0, 0.05) is 6.42 Å². The van der Waals surface area contributed by atoms with Crippen molar-refractivity contribution in [2.75, 3.05) is 5.75 Å². The van der Waals surface area contributed by atoms with Crippen LogP contribution in [0, 0.1) is 0 Å². The molecule has 1 aliphatic rings. The summed E-state index contributed by atoms with van der Waals surface area (Å²) in [7, 11) is -2.97. The first-order valence-electron chi connectivity index (χ1n) is 5.35. The number of rotatable bonds is 4. The van der Waals surface area contributed by atoms with Crippen molar-refractivity contribution < 1.29 is 13.2 Å². The summed E-state index contributed by atoms with van der Waals surface area (Å²) in [4.78, 5) is 11.1. The number of carbonyl (C=O) groups is 1. The summed E-state index contributed by atoms with van der Waals surface area (Å²) in [5.41, 5.74) is 0.996. The molecule has 86 valence electrons. The van der Waals surface area contributed by atoms with Gasteiger partial charge in [-0.1, -0.05) is 5.57 Å². The van der Waals surface area contributed by atoms with Gasteiger partial charge in [-0.2, -0.15) is 0 Å². The Morgan fingerprint density at radius 3 is 2.53 bits per heavy atom. The fourth-order valence-corrected chi connectivity index (χ4v) is 2.59. The molecule has 3 nitrogen and oxygen atoms in total. The molecule has 0 aromatic heterocycles. The largest absolute Gasteiger partial charge is 0.295 e. The predicted molar refractivity (Wildman–Crippen MR) is 60.5 cm³/mol. The average molecular weight is 230 g/mol. The van der Waals surface area contributed by atoms with Gasteiger partial charge in [-0.25, -0.2) is 8.42 Å². The number of hydrogen-bond acceptors (Lipinski definition) is 3. The van der Waals surface area contributed by atoms with E-state index in [1.54, 1.807) is 19.9 Å². The van der Waals surface area contributed by atoms with E-state index in [1.807, 2.05) is 0 Å². The molecule has 0 bridgehead atoms. The molecular formula is C11H18O3S. The van der Waals surface area contributed by atoms with E-state index in [0.717, 1.165) is 18.4 Å². The minimum atomic E-state index is -2.97. The van der Waals surface area contributed by atoms with Crippen molar-refractivity contribution in [3.63, 3.8) is 0 Å². The second-order valence-corrected chi connectivity index (χ2v) is 6.96. The number of sulfone groups is 1. The summed E-state index contributed by atoms with van der Waals surface area (Å²) in [6, 6.07) is 0. The van der Waals surface area contributed by atoms with Crippen molar-refractivity contribution in [3.8, 4) is 0 Å². The van der Waals surface area contributed by atoms with E-state index < -0.39 is 9.84 Å². The van der Waals surface area contributed by atoms with E-state index in [1.165, 1.54) is 0 Å². The zero-order chi connectivity index (χ0) is 11.5. The summed E-state index contributed by atoms with van der Waals surface area (Å²) in [6.45, 7) is 3.38. The Kier molecular flexibility index (Phi) is 4.08. The van der Waals surface area contributed by atoms with Gasteiger partial charge in [0.05, 0.1) is 11.0 Å². The highest BCUT2D eigenvalue weighted by Gasteiger charge is 2.17. The van der Waals surface area contributed by atoms with Crippen molar-refractivity contribution in [2.24, 2.45) is 0 Å². The van der Waals surface area contributed by atoms with E-state index in [0.29, 0.717) is 12.8 Å². The lowest BCUT2D eigenvalue weighted by Crippen LogP contribution is -2.18. The van der Waals surface area contributed by atoms with Crippen molar-refractivity contribution in [1.29, 1.82) is 0 Å². The summed E-state index contributed by atoms with van der Waals surface area (Å²) in [5.74, 6) is 0.308. The van der Waals surface area contributed by atoms with E-state index in [9.17, 15) is 13.2 Å². The molecule has 0 atom stereocenters. The maximum absolute atomic E-state index is 11.5. The summed E-state index contributed by atoms with van der Waals surface area (Å²) < 4.78 is 23.1. The average Bonchev–Trinajstić information content (AvgIpc) is 2.15. The minimum Gasteiger partial charge on any atom is -0.295 e. The van der Waals surface area contributed by atoms with E-state index in [-0.39, 0.29) is 16.8 Å². The van der Waals surface area contributed by atoms with Gasteiger partial charge >= 0.3 is 0 Å². The Morgan fingerprint density at radius 1 is 1.33 bits per heavy atom. The predicted octanol–water partition coefficient (Wildman–Crippen LogP) is 1.88. The smallest absolute Gasteiger partial charge is 0.155 e. The molecule has 0 fully saturated rings. The van der Waals surface area contributed by atoms with Crippen LogP contribution in [0.5, 0.6) is 0 Å². The molecule has 4 heteroatoms. The molecule has 1 rings (SSSR count). The van der Waals surface area contributed by atoms with Gasteiger partial charge in [-0.3, -0.25) is 4.79 Å². The van der Waals surface area contributed by atoms with Crippen molar-refractivity contribution in [1.82, 2.24) is 0 Å². The highest BCUT2D eigenvalue weighted by atomic mass is 32.2. The van der Waals surface area contributed by atoms with E-state index >= 15 is 0 Å². The molecule has 0 heterocycles. The minimum absolute atomic E-state index is 0.137. The number of allylic oxidation sites excluding steroid dienone is 2. The van der Waals surface area contributed by atoms with Crippen LogP contribution in [0.3, 0.4) is 0 Å². The molecule has 0 N–H and O–H groups in total. The number of carbonyl (C=O) groups excluding carboxylic acids is 1. The van der Waals surface area contributed by atoms with E-state index in [4.69, 9.17) is 0 Å². The first-order valence-corrected chi connectivity index (χ1v) is 7.07. The van der Waals surface area contributed by atoms with Crippen LogP contribution in [0.15, 0.2) is 11.6 Å². The molecule has 0 aromatic rings. The second-order valence-electron chi connectivity index (χ2n) is 4.29. The van der Waals surface area contributed by atoms with Crippen LogP contribution in [0.4, 0.5) is 0 Å². The van der Waals surface area contributed by atoms with Gasteiger partial charge in [0.25, 0.3) is 0 Å². The molecule has 0 unspecified atom stereocenters. The fourth-order valence-electron chi connectivity index (χ4n) is 1.57. The molecule has 15 heavy (non-hydrogen) atoms. The Hall–Kier alpha value is -0.640. The fraction of sp³-hybridized carbons (Fsp3) is 0.727. The second kappa shape index (κ2) is 4.92. The van der Waals surface area contributed by atoms with Crippen LogP contribution in [-0.4, -0.2) is 25.2 Å². The van der Waals surface area contributed by atoms with Crippen molar-refractivity contribution in [3.05, 3.63) is 11.6 Å². The first-order chi connectivity index (χ1) is 6.92. The lowest BCUT2D eigenvalue weighted by atomic mass is 9.97. The van der Waals surface area contributed by atoms with Crippen LogP contribution in [0.2, 0.25) is 0 Å². The topological polar surface area (TPSA) is 51.2 Å². The van der Waals surface area contributed by atoms with Crippen molar-refractivity contribution in [2.45, 2.75) is 44.8 Å². The number of hydrogen-bond donors (Lipinski definition) is 0. The van der Waals surface area contributed by atoms with Gasteiger partial charge < -0.3 is 0 Å². The highest BCUT2D eigenvalue weighted by molar-refractivity contribution is 7.91. The van der Waals surface area contributed by atoms with Gasteiger partial charge in [-0.05, 0) is 39.2 Å². The lowest BCUT2D eigenvalue weighted by Gasteiger charge is -2.13. The third-order valence-corrected chi connectivity index (χ3v) is 4.92. The molecule has 0 spiro atoms. The van der Waals surface area contributed by atoms with Crippen LogP contribution in [-0.2, 0) is 14.6 Å². The highest BCUT2D eigenvalue weighted by Crippen LogP contribution is 2.19. The molecule has 1 aliphatic carbocycles. The standard InChI is InChI=1S/C11H18O3S/c1-9(2)15(13,14)7-6-10-4-3-5-11(12)8-10/h8-9H,3-7H2,1-2H3. The molecule has 0 aliphatic heterocycles. The van der Waals surface area contributed by atoms with Crippen LogP contribution in [0.25, 0.3) is 0 Å². The van der Waals surface area contributed by atoms with Gasteiger partial charge in [-0.15, -0.1) is 0 Å². The lowest BCUT2D eigenvalue weighted by molar-refractivity contribution is -0.115. The third kappa shape index (κ3) is 3.78. The van der Waals surface area contributed by atoms with Crippen molar-refractivity contribution >= 4 is 15.6 Å². The maximum atomic E-state index is 11.5. The zero-order valence-electron chi connectivity index (χ0n) is 9.32. The molecule has 0 saturated carbocycles. The zero-order valence-corrected chi connectivity index (χ0v) is 10.1. The van der Waals surface area contributed by atoms with Gasteiger partial charge in [0.2, 0.25) is 0 Å². The van der Waals surface area contributed by atoms with E-state index in [2.05, 4.69) is 0 Å². The summed E-state index contributed by atoms with van der Waals surface area (Å²) in [5, 5.41) is -0.322. The molecule has 0 aromatic carbocycles. The summed E-state index contributed by atoms with van der Waals surface area (Å²) in [6.07, 6.45) is 4.50. The Labute approximate surface area is 91.5 Å². The molecule has 0 saturated heterocycles. The Morgan fingerprint density at radius 2 is 2.00 bits per heavy atom. The SMILES string of the molecule is CC(C)S(=O)(=O)CCC1=CC(=O)CCC1. The molecular weight excluding hydrogens is 212 g/mol. The molecule has 0 amide bonds. The normalized spacial score (nSPS) is 18.1. The number of ketones is 1. The Balaban J connectivity index is 2.54. The van der Waals surface area contributed by atoms with Crippen LogP contribution >= 0.6 is 0 Å². The first kappa shape index (κ1) is 12.4. The Bertz CT molecular complexity index is 363. The quantitative estimate of drug-likeness (QED) is 0.741. The van der Waals surface area contributed by atoms with Gasteiger partial charge in [0.15, 0.2) is 15.6 Å². The summed E-state index contributed by atoms with van der Waals surface area (Å²) >= 11 is 0.